The molecule has 0 aromatic heterocycles. The van der Waals surface area contributed by atoms with Crippen LogP contribution < -0.4 is 9.47 Å². The highest BCUT2D eigenvalue weighted by atomic mass is 32.2. The van der Waals surface area contributed by atoms with Crippen LogP contribution in [0.2, 0.25) is 0 Å². The predicted octanol–water partition coefficient (Wildman–Crippen LogP) is 5.76. The van der Waals surface area contributed by atoms with E-state index < -0.39 is 0 Å². The summed E-state index contributed by atoms with van der Waals surface area (Å²) in [6, 6.07) is 16.7. The van der Waals surface area contributed by atoms with Gasteiger partial charge >= 0.3 is 6.03 Å². The predicted molar refractivity (Wildman–Crippen MR) is 146 cm³/mol. The Kier molecular flexibility index (Phi) is 9.59. The van der Waals surface area contributed by atoms with Gasteiger partial charge in [-0.05, 0) is 48.2 Å². The minimum Gasteiger partial charge on any atom is -0.497 e. The Morgan fingerprint density at radius 1 is 0.917 bits per heavy atom. The van der Waals surface area contributed by atoms with Crippen molar-refractivity contribution in [1.29, 1.82) is 0 Å². The Bertz CT molecular complexity index is 982. The van der Waals surface area contributed by atoms with Crippen molar-refractivity contribution < 1.29 is 19.0 Å². The molecule has 3 atom stereocenters. The molecule has 0 spiro atoms. The molecule has 0 N–H and O–H groups in total. The lowest BCUT2D eigenvalue weighted by Gasteiger charge is -2.27. The second kappa shape index (κ2) is 13.1. The van der Waals surface area contributed by atoms with Crippen molar-refractivity contribution in [3.63, 3.8) is 0 Å². The van der Waals surface area contributed by atoms with Gasteiger partial charge in [0.05, 0.1) is 32.9 Å². The quantitative estimate of drug-likeness (QED) is 0.184. The molecule has 2 saturated heterocycles. The standard InChI is InChI=1S/C29H38N2O4S/c1-4-17-35-18-7-5-6-8-27-28-26(21-36-27)30(19-22-9-13-24(33-2)14-10-22)29(32)31(28)20-23-11-15-25(34-3)16-12-23/h4,9-16,26-28H,1,5-8,17-21H2,2-3H3/t26?,27-,28-/m0/s1. The third-order valence-corrected chi connectivity index (χ3v) is 8.52. The summed E-state index contributed by atoms with van der Waals surface area (Å²) >= 11 is 2.03. The Balaban J connectivity index is 1.45. The Morgan fingerprint density at radius 2 is 1.53 bits per heavy atom. The van der Waals surface area contributed by atoms with E-state index in [0.717, 1.165) is 60.7 Å². The van der Waals surface area contributed by atoms with Crippen LogP contribution in [0.25, 0.3) is 0 Å². The van der Waals surface area contributed by atoms with Crippen molar-refractivity contribution in [3.05, 3.63) is 72.3 Å². The van der Waals surface area contributed by atoms with Crippen molar-refractivity contribution in [2.24, 2.45) is 0 Å². The summed E-state index contributed by atoms with van der Waals surface area (Å²) in [7, 11) is 3.34. The van der Waals surface area contributed by atoms with Gasteiger partial charge in [-0.15, -0.1) is 6.58 Å². The van der Waals surface area contributed by atoms with Gasteiger partial charge in [-0.1, -0.05) is 43.2 Å². The van der Waals surface area contributed by atoms with Crippen LogP contribution in [0.4, 0.5) is 4.79 Å². The molecule has 0 saturated carbocycles. The van der Waals surface area contributed by atoms with Crippen LogP contribution in [-0.4, -0.2) is 66.4 Å². The largest absolute Gasteiger partial charge is 0.497 e. The van der Waals surface area contributed by atoms with Gasteiger partial charge in [-0.25, -0.2) is 4.79 Å². The number of unbranched alkanes of at least 4 members (excludes halogenated alkanes) is 2. The zero-order chi connectivity index (χ0) is 25.3. The molecule has 2 fully saturated rings. The number of ether oxygens (including phenoxy) is 3. The van der Waals surface area contributed by atoms with Crippen molar-refractivity contribution in [3.8, 4) is 11.5 Å². The minimum absolute atomic E-state index is 0.139. The summed E-state index contributed by atoms with van der Waals surface area (Å²) < 4.78 is 16.1. The number of amides is 2. The van der Waals surface area contributed by atoms with Gasteiger partial charge in [-0.2, -0.15) is 11.8 Å². The van der Waals surface area contributed by atoms with Crippen LogP contribution in [-0.2, 0) is 17.8 Å². The van der Waals surface area contributed by atoms with E-state index >= 15 is 0 Å². The maximum Gasteiger partial charge on any atom is 0.321 e. The number of nitrogens with zero attached hydrogens (tertiary/aromatic N) is 2. The molecule has 2 aliphatic heterocycles. The van der Waals surface area contributed by atoms with Crippen molar-refractivity contribution >= 4 is 17.8 Å². The molecule has 0 aliphatic carbocycles. The van der Waals surface area contributed by atoms with E-state index in [4.69, 9.17) is 14.2 Å². The van der Waals surface area contributed by atoms with Crippen LogP contribution in [0.3, 0.4) is 0 Å². The summed E-state index contributed by atoms with van der Waals surface area (Å²) in [6.45, 7) is 6.34. The van der Waals surface area contributed by atoms with E-state index in [1.54, 1.807) is 20.3 Å². The lowest BCUT2D eigenvalue weighted by molar-refractivity contribution is 0.157. The second-order valence-electron chi connectivity index (χ2n) is 9.38. The van der Waals surface area contributed by atoms with E-state index in [1.165, 1.54) is 0 Å². The second-order valence-corrected chi connectivity index (χ2v) is 10.6. The lowest BCUT2D eigenvalue weighted by Crippen LogP contribution is -2.40. The molecule has 2 aliphatic rings. The van der Waals surface area contributed by atoms with Crippen LogP contribution in [0.15, 0.2) is 61.2 Å². The van der Waals surface area contributed by atoms with Crippen LogP contribution in [0, 0.1) is 0 Å². The maximum atomic E-state index is 13.8. The fourth-order valence-electron chi connectivity index (χ4n) is 5.14. The number of rotatable bonds is 14. The fraction of sp³-hybridized carbons (Fsp3) is 0.483. The fourth-order valence-corrected chi connectivity index (χ4v) is 6.82. The number of methoxy groups -OCH3 is 2. The average molecular weight is 511 g/mol. The first kappa shape index (κ1) is 26.4. The molecule has 2 heterocycles. The number of urea groups is 1. The van der Waals surface area contributed by atoms with Gasteiger partial charge in [0.15, 0.2) is 0 Å². The highest BCUT2D eigenvalue weighted by Crippen LogP contribution is 2.43. The summed E-state index contributed by atoms with van der Waals surface area (Å²) in [5.41, 5.74) is 2.26. The highest BCUT2D eigenvalue weighted by molar-refractivity contribution is 8.00. The molecule has 194 valence electrons. The number of carbonyl (C=O) groups excluding carboxylic acids is 1. The summed E-state index contributed by atoms with van der Waals surface area (Å²) in [5.74, 6) is 2.65. The smallest absolute Gasteiger partial charge is 0.321 e. The molecule has 0 radical (unpaired) electrons. The molecule has 0 bridgehead atoms. The van der Waals surface area contributed by atoms with E-state index in [0.29, 0.717) is 24.9 Å². The first-order valence-corrected chi connectivity index (χ1v) is 13.8. The molecular formula is C29H38N2O4S. The molecule has 6 nitrogen and oxygen atoms in total. The Labute approximate surface area is 219 Å². The first-order valence-electron chi connectivity index (χ1n) is 12.8. The summed E-state index contributed by atoms with van der Waals surface area (Å²) in [5, 5.41) is 0.451. The Morgan fingerprint density at radius 3 is 2.11 bits per heavy atom. The SMILES string of the molecule is C=CCOCCCCC[C@@H]1SCC2[C@@H]1N(Cc1ccc(OC)cc1)C(=O)N2Cc1ccc(OC)cc1. The van der Waals surface area contributed by atoms with Gasteiger partial charge in [-0.3, -0.25) is 0 Å². The first-order chi connectivity index (χ1) is 17.6. The third-order valence-electron chi connectivity index (χ3n) is 7.04. The molecule has 7 heteroatoms. The van der Waals surface area contributed by atoms with E-state index in [2.05, 4.69) is 40.6 Å². The van der Waals surface area contributed by atoms with Crippen molar-refractivity contribution in [1.82, 2.24) is 9.80 Å². The van der Waals surface area contributed by atoms with Gasteiger partial charge in [0.25, 0.3) is 0 Å². The summed E-state index contributed by atoms with van der Waals surface area (Å²) in [6.07, 6.45) is 6.28. The molecule has 4 rings (SSSR count). The summed E-state index contributed by atoms with van der Waals surface area (Å²) in [4.78, 5) is 18.0. The van der Waals surface area contributed by atoms with Gasteiger partial charge < -0.3 is 24.0 Å². The molecule has 1 unspecified atom stereocenters. The highest BCUT2D eigenvalue weighted by Gasteiger charge is 2.52. The monoisotopic (exact) mass is 510 g/mol. The molecule has 36 heavy (non-hydrogen) atoms. The topological polar surface area (TPSA) is 51.2 Å². The maximum absolute atomic E-state index is 13.8. The van der Waals surface area contributed by atoms with Gasteiger partial charge in [0.2, 0.25) is 0 Å². The molecule has 2 amide bonds. The zero-order valence-corrected chi connectivity index (χ0v) is 22.3. The normalized spacial score (nSPS) is 21.1. The van der Waals surface area contributed by atoms with E-state index in [1.807, 2.05) is 36.0 Å². The van der Waals surface area contributed by atoms with Crippen molar-refractivity contribution in [2.75, 3.05) is 33.2 Å². The molecular weight excluding hydrogens is 472 g/mol. The van der Waals surface area contributed by atoms with Crippen LogP contribution >= 0.6 is 11.8 Å². The zero-order valence-electron chi connectivity index (χ0n) is 21.4. The molecule has 2 aromatic rings. The average Bonchev–Trinajstić information content (AvgIpc) is 3.43. The third kappa shape index (κ3) is 6.37. The molecule has 2 aromatic carbocycles. The van der Waals surface area contributed by atoms with E-state index in [9.17, 15) is 4.79 Å². The van der Waals surface area contributed by atoms with E-state index in [-0.39, 0.29) is 18.1 Å². The number of carbonyl (C=O) groups is 1. The van der Waals surface area contributed by atoms with Gasteiger partial charge in [0, 0.05) is 30.7 Å². The Hall–Kier alpha value is -2.64. The number of hydrogen-bond donors (Lipinski definition) is 0. The lowest BCUT2D eigenvalue weighted by atomic mass is 10.0. The van der Waals surface area contributed by atoms with Crippen LogP contribution in [0.1, 0.15) is 36.8 Å². The number of hydrogen-bond acceptors (Lipinski definition) is 5. The number of benzene rings is 2. The number of thioether (sulfide) groups is 1. The number of fused-ring (bicyclic) bond motifs is 1. The minimum atomic E-state index is 0.139. The van der Waals surface area contributed by atoms with Gasteiger partial charge in [0.1, 0.15) is 11.5 Å². The van der Waals surface area contributed by atoms with Crippen molar-refractivity contribution in [2.45, 2.75) is 56.1 Å². The van der Waals surface area contributed by atoms with Crippen LogP contribution in [0.5, 0.6) is 11.5 Å².